The SMILES string of the molecule is O=C1CSC(=O)N1C1CCN(S(=O)(=O)c2ccc(Br)cc2)C1. The lowest BCUT2D eigenvalue weighted by Gasteiger charge is -2.21. The van der Waals surface area contributed by atoms with Gasteiger partial charge < -0.3 is 0 Å². The van der Waals surface area contributed by atoms with Crippen molar-refractivity contribution in [2.75, 3.05) is 18.8 Å². The van der Waals surface area contributed by atoms with Gasteiger partial charge in [-0.1, -0.05) is 27.7 Å². The zero-order chi connectivity index (χ0) is 15.9. The van der Waals surface area contributed by atoms with Crippen LogP contribution < -0.4 is 0 Å². The van der Waals surface area contributed by atoms with Gasteiger partial charge >= 0.3 is 0 Å². The number of benzene rings is 1. The van der Waals surface area contributed by atoms with E-state index < -0.39 is 10.0 Å². The van der Waals surface area contributed by atoms with Gasteiger partial charge in [-0.05, 0) is 30.7 Å². The van der Waals surface area contributed by atoms with Crippen molar-refractivity contribution < 1.29 is 18.0 Å². The van der Waals surface area contributed by atoms with Crippen molar-refractivity contribution in [1.82, 2.24) is 9.21 Å². The largest absolute Gasteiger partial charge is 0.289 e. The molecule has 1 aromatic rings. The molecule has 0 spiro atoms. The van der Waals surface area contributed by atoms with Gasteiger partial charge in [-0.3, -0.25) is 14.5 Å². The highest BCUT2D eigenvalue weighted by Gasteiger charge is 2.42. The smallest absolute Gasteiger partial charge is 0.273 e. The van der Waals surface area contributed by atoms with E-state index in [4.69, 9.17) is 0 Å². The summed E-state index contributed by atoms with van der Waals surface area (Å²) in [6, 6.07) is 6.05. The summed E-state index contributed by atoms with van der Waals surface area (Å²) in [4.78, 5) is 24.9. The summed E-state index contributed by atoms with van der Waals surface area (Å²) in [5.74, 6) is -0.0858. The standard InChI is InChI=1S/C13H13BrN2O4S2/c14-9-1-3-11(4-2-9)22(19,20)15-6-5-10(7-15)16-12(17)8-21-13(16)18/h1-4,10H,5-8H2. The van der Waals surface area contributed by atoms with Gasteiger partial charge in [0.05, 0.1) is 16.7 Å². The van der Waals surface area contributed by atoms with Gasteiger partial charge in [0.15, 0.2) is 0 Å². The first-order valence-corrected chi connectivity index (χ1v) is 9.86. The molecule has 9 heteroatoms. The zero-order valence-corrected chi connectivity index (χ0v) is 14.7. The lowest BCUT2D eigenvalue weighted by Crippen LogP contribution is -2.41. The Labute approximate surface area is 141 Å². The van der Waals surface area contributed by atoms with Gasteiger partial charge in [-0.2, -0.15) is 4.31 Å². The number of rotatable bonds is 3. The second-order valence-corrected chi connectivity index (χ2v) is 8.86. The van der Waals surface area contributed by atoms with Crippen LogP contribution in [-0.4, -0.2) is 53.7 Å². The summed E-state index contributed by atoms with van der Waals surface area (Å²) >= 11 is 4.24. The molecule has 0 bridgehead atoms. The van der Waals surface area contributed by atoms with Gasteiger partial charge in [0, 0.05) is 17.6 Å². The van der Waals surface area contributed by atoms with Crippen molar-refractivity contribution in [3.63, 3.8) is 0 Å². The molecule has 0 N–H and O–H groups in total. The van der Waals surface area contributed by atoms with Crippen LogP contribution >= 0.6 is 27.7 Å². The maximum Gasteiger partial charge on any atom is 0.289 e. The number of imide groups is 1. The predicted octanol–water partition coefficient (Wildman–Crippen LogP) is 1.91. The van der Waals surface area contributed by atoms with Gasteiger partial charge in [0.25, 0.3) is 5.24 Å². The molecule has 0 aromatic heterocycles. The fraction of sp³-hybridized carbons (Fsp3) is 0.385. The number of amides is 2. The van der Waals surface area contributed by atoms with E-state index in [-0.39, 0.29) is 34.4 Å². The lowest BCUT2D eigenvalue weighted by molar-refractivity contribution is -0.126. The van der Waals surface area contributed by atoms with Crippen LogP contribution in [0.15, 0.2) is 33.6 Å². The zero-order valence-electron chi connectivity index (χ0n) is 11.4. The number of sulfonamides is 1. The van der Waals surface area contributed by atoms with Crippen molar-refractivity contribution in [3.8, 4) is 0 Å². The highest BCUT2D eigenvalue weighted by Crippen LogP contribution is 2.29. The lowest BCUT2D eigenvalue weighted by atomic mass is 10.2. The van der Waals surface area contributed by atoms with E-state index in [1.807, 2.05) is 0 Å². The topological polar surface area (TPSA) is 74.8 Å². The third kappa shape index (κ3) is 2.82. The highest BCUT2D eigenvalue weighted by atomic mass is 79.9. The van der Waals surface area contributed by atoms with E-state index in [0.717, 1.165) is 16.2 Å². The number of carbonyl (C=O) groups excluding carboxylic acids is 2. The Morgan fingerprint density at radius 1 is 1.18 bits per heavy atom. The van der Waals surface area contributed by atoms with Crippen molar-refractivity contribution in [2.45, 2.75) is 17.4 Å². The number of hydrogen-bond donors (Lipinski definition) is 0. The van der Waals surface area contributed by atoms with Crippen LogP contribution in [0.3, 0.4) is 0 Å². The van der Waals surface area contributed by atoms with Gasteiger partial charge in [0.1, 0.15) is 0 Å². The summed E-state index contributed by atoms with van der Waals surface area (Å²) in [5, 5.41) is -0.280. The van der Waals surface area contributed by atoms with E-state index in [1.165, 1.54) is 21.3 Å². The maximum atomic E-state index is 12.6. The van der Waals surface area contributed by atoms with Gasteiger partial charge in [-0.15, -0.1) is 0 Å². The Morgan fingerprint density at radius 2 is 1.86 bits per heavy atom. The first-order valence-electron chi connectivity index (χ1n) is 6.64. The number of thioether (sulfide) groups is 1. The van der Waals surface area contributed by atoms with Crippen LogP contribution in [-0.2, 0) is 14.8 Å². The van der Waals surface area contributed by atoms with E-state index in [0.29, 0.717) is 13.0 Å². The molecule has 3 rings (SSSR count). The molecular formula is C13H13BrN2O4S2. The van der Waals surface area contributed by atoms with Gasteiger partial charge in [-0.25, -0.2) is 8.42 Å². The van der Waals surface area contributed by atoms with Crippen molar-refractivity contribution >= 4 is 48.9 Å². The fourth-order valence-corrected chi connectivity index (χ4v) is 5.15. The molecule has 2 heterocycles. The van der Waals surface area contributed by atoms with Gasteiger partial charge in [0.2, 0.25) is 15.9 Å². The summed E-state index contributed by atoms with van der Waals surface area (Å²) < 4.78 is 27.3. The Kier molecular flexibility index (Phi) is 4.32. The molecule has 0 radical (unpaired) electrons. The average Bonchev–Trinajstić information content (AvgIpc) is 3.07. The second-order valence-electron chi connectivity index (χ2n) is 5.08. The first kappa shape index (κ1) is 16.0. The summed E-state index contributed by atoms with van der Waals surface area (Å²) in [6.07, 6.45) is 0.480. The summed E-state index contributed by atoms with van der Waals surface area (Å²) in [6.45, 7) is 0.473. The number of carbonyl (C=O) groups is 2. The first-order chi connectivity index (χ1) is 10.4. The van der Waals surface area contributed by atoms with Crippen LogP contribution in [0.25, 0.3) is 0 Å². The fourth-order valence-electron chi connectivity index (χ4n) is 2.61. The third-order valence-corrected chi connectivity index (χ3v) is 6.97. The molecule has 1 unspecified atom stereocenters. The summed E-state index contributed by atoms with van der Waals surface area (Å²) in [5.41, 5.74) is 0. The maximum absolute atomic E-state index is 12.6. The van der Waals surface area contributed by atoms with E-state index in [2.05, 4.69) is 15.9 Å². The quantitative estimate of drug-likeness (QED) is 0.768. The summed E-state index contributed by atoms with van der Waals surface area (Å²) in [7, 11) is -3.60. The van der Waals surface area contributed by atoms with Crippen LogP contribution in [0.5, 0.6) is 0 Å². The molecule has 22 heavy (non-hydrogen) atoms. The van der Waals surface area contributed by atoms with E-state index in [1.54, 1.807) is 12.1 Å². The molecule has 6 nitrogen and oxygen atoms in total. The molecule has 2 aliphatic heterocycles. The molecule has 2 saturated heterocycles. The molecule has 2 fully saturated rings. The average molecular weight is 405 g/mol. The van der Waals surface area contributed by atoms with Crippen LogP contribution in [0.4, 0.5) is 4.79 Å². The van der Waals surface area contributed by atoms with Crippen molar-refractivity contribution in [1.29, 1.82) is 0 Å². The Bertz CT molecular complexity index is 704. The monoisotopic (exact) mass is 404 g/mol. The second kappa shape index (κ2) is 5.95. The minimum absolute atomic E-state index is 0.148. The molecule has 1 aromatic carbocycles. The Morgan fingerprint density at radius 3 is 2.45 bits per heavy atom. The molecule has 118 valence electrons. The van der Waals surface area contributed by atoms with Crippen molar-refractivity contribution in [2.24, 2.45) is 0 Å². The molecule has 2 amide bonds. The van der Waals surface area contributed by atoms with E-state index >= 15 is 0 Å². The van der Waals surface area contributed by atoms with Crippen LogP contribution in [0, 0.1) is 0 Å². The Hall–Kier alpha value is -0.900. The number of hydrogen-bond acceptors (Lipinski definition) is 5. The Balaban J connectivity index is 1.78. The highest BCUT2D eigenvalue weighted by molar-refractivity contribution is 9.10. The molecule has 0 aliphatic carbocycles. The minimum atomic E-state index is -3.60. The molecule has 0 saturated carbocycles. The normalized spacial score (nSPS) is 23.5. The van der Waals surface area contributed by atoms with Crippen molar-refractivity contribution in [3.05, 3.63) is 28.7 Å². The third-order valence-electron chi connectivity index (χ3n) is 3.73. The number of halogens is 1. The molecule has 1 atom stereocenters. The van der Waals surface area contributed by atoms with Crippen LogP contribution in [0.1, 0.15) is 6.42 Å². The predicted molar refractivity (Wildman–Crippen MR) is 86.0 cm³/mol. The molecule has 2 aliphatic rings. The number of nitrogens with zero attached hydrogens (tertiary/aromatic N) is 2. The minimum Gasteiger partial charge on any atom is -0.273 e. The van der Waals surface area contributed by atoms with E-state index in [9.17, 15) is 18.0 Å². The van der Waals surface area contributed by atoms with Crippen LogP contribution in [0.2, 0.25) is 0 Å². The molecular weight excluding hydrogens is 392 g/mol.